The Morgan fingerprint density at radius 2 is 1.69 bits per heavy atom. The quantitative estimate of drug-likeness (QED) is 0.0667. The molecular weight excluding hydrogens is 913 g/mol. The van der Waals surface area contributed by atoms with Crippen LogP contribution in [0.3, 0.4) is 0 Å². The van der Waals surface area contributed by atoms with Crippen molar-refractivity contribution in [3.63, 3.8) is 0 Å². The number of carboxylic acids is 2. The Labute approximate surface area is 397 Å². The molecule has 0 spiro atoms. The Balaban J connectivity index is 0.920. The summed E-state index contributed by atoms with van der Waals surface area (Å²) >= 11 is 1.41. The Morgan fingerprint density at radius 3 is 2.40 bits per heavy atom. The number of fused-ring (bicyclic) bond motifs is 2. The molecule has 4 bridgehead atoms. The molecule has 3 unspecified atom stereocenters. The summed E-state index contributed by atoms with van der Waals surface area (Å²) in [5.41, 5.74) is 9.98. The third-order valence-corrected chi connectivity index (χ3v) is 16.0. The second kappa shape index (κ2) is 17.6. The Bertz CT molecular complexity index is 2900. The van der Waals surface area contributed by atoms with Crippen LogP contribution in [-0.2, 0) is 44.0 Å². The summed E-state index contributed by atoms with van der Waals surface area (Å²) < 4.78 is 42.4. The van der Waals surface area contributed by atoms with E-state index >= 15 is 0 Å². The number of amides is 2. The van der Waals surface area contributed by atoms with E-state index in [1.807, 2.05) is 59.0 Å². The molecule has 360 valence electrons. The van der Waals surface area contributed by atoms with E-state index in [0.29, 0.717) is 60.1 Å². The van der Waals surface area contributed by atoms with E-state index in [-0.39, 0.29) is 47.5 Å². The SMILES string of the molecule is Cc1c(-c2ccc(N3CCc4cccc(C(=O)Nc5nc6ccccc6s5)c4C3)nc2C(=O)O)cnn1CC12CC3(C)CC(C)(C1)CC(OCCN(CCS(=O)(=O)O)C(=O)C(N)CC(=O)O)(C3)C2. The number of aromatic carboxylic acids is 1. The molecule has 0 saturated heterocycles. The van der Waals surface area contributed by atoms with Crippen molar-refractivity contribution in [2.75, 3.05) is 42.2 Å². The van der Waals surface area contributed by atoms with Gasteiger partial charge in [-0.1, -0.05) is 49.4 Å². The largest absolute Gasteiger partial charge is 0.481 e. The van der Waals surface area contributed by atoms with Gasteiger partial charge in [0.2, 0.25) is 5.91 Å². The van der Waals surface area contributed by atoms with Crippen LogP contribution >= 0.6 is 11.3 Å². The smallest absolute Gasteiger partial charge is 0.355 e. The molecule has 3 aromatic heterocycles. The zero-order chi connectivity index (χ0) is 48.4. The van der Waals surface area contributed by atoms with Crippen molar-refractivity contribution in [3.8, 4) is 11.1 Å². The van der Waals surface area contributed by atoms with Crippen LogP contribution < -0.4 is 16.0 Å². The minimum atomic E-state index is -4.42. The number of carbonyl (C=O) groups excluding carboxylic acids is 2. The molecule has 1 aliphatic heterocycles. The Morgan fingerprint density at radius 1 is 0.941 bits per heavy atom. The molecule has 4 heterocycles. The van der Waals surface area contributed by atoms with Gasteiger partial charge in [0.25, 0.3) is 16.0 Å². The number of thiazole rings is 1. The minimum Gasteiger partial charge on any atom is -0.481 e. The summed E-state index contributed by atoms with van der Waals surface area (Å²) in [6.45, 7) is 7.65. The highest BCUT2D eigenvalue weighted by Crippen LogP contribution is 2.72. The van der Waals surface area contributed by atoms with Crippen molar-refractivity contribution in [2.45, 2.75) is 96.9 Å². The van der Waals surface area contributed by atoms with E-state index in [1.54, 1.807) is 18.3 Å². The number of para-hydroxylation sites is 1. The van der Waals surface area contributed by atoms with Crippen LogP contribution in [0.1, 0.15) is 96.5 Å². The van der Waals surface area contributed by atoms with Crippen molar-refractivity contribution in [1.29, 1.82) is 0 Å². The maximum Gasteiger partial charge on any atom is 0.355 e. The maximum atomic E-state index is 13.7. The lowest BCUT2D eigenvalue weighted by atomic mass is 9.39. The molecule has 20 heteroatoms. The van der Waals surface area contributed by atoms with E-state index < -0.39 is 51.8 Å². The minimum absolute atomic E-state index is 0.0424. The lowest BCUT2D eigenvalue weighted by Crippen LogP contribution is -2.64. The first-order valence-corrected chi connectivity index (χ1v) is 25.2. The lowest BCUT2D eigenvalue weighted by molar-refractivity contribution is -0.248. The first-order valence-electron chi connectivity index (χ1n) is 22.8. The summed E-state index contributed by atoms with van der Waals surface area (Å²) in [5.74, 6) is -3.70. The van der Waals surface area contributed by atoms with Gasteiger partial charge in [0.1, 0.15) is 5.82 Å². The van der Waals surface area contributed by atoms with Crippen LogP contribution in [0.25, 0.3) is 21.3 Å². The zero-order valence-electron chi connectivity index (χ0n) is 38.2. The number of aliphatic carboxylic acids is 1. The van der Waals surface area contributed by atoms with Crippen molar-refractivity contribution in [1.82, 2.24) is 24.6 Å². The van der Waals surface area contributed by atoms with E-state index in [1.165, 1.54) is 11.3 Å². The number of nitrogens with one attached hydrogen (secondary N) is 1. The Hall–Kier alpha value is -5.80. The molecule has 10 rings (SSSR count). The van der Waals surface area contributed by atoms with Gasteiger partial charge in [-0.2, -0.15) is 13.5 Å². The van der Waals surface area contributed by atoms with Crippen molar-refractivity contribution in [3.05, 3.63) is 88.9 Å². The molecule has 5 aromatic rings. The molecule has 4 saturated carbocycles. The average Bonchev–Trinajstić information content (AvgIpc) is 3.83. The van der Waals surface area contributed by atoms with Gasteiger partial charge < -0.3 is 30.5 Å². The number of ether oxygens (including phenoxy) is 1. The van der Waals surface area contributed by atoms with Crippen molar-refractivity contribution < 1.29 is 47.1 Å². The highest BCUT2D eigenvalue weighted by molar-refractivity contribution is 7.85. The predicted octanol–water partition coefficient (Wildman–Crippen LogP) is 6.03. The number of anilines is 2. The van der Waals surface area contributed by atoms with Gasteiger partial charge in [0, 0.05) is 55.1 Å². The topological polar surface area (TPSA) is 260 Å². The molecule has 4 fully saturated rings. The first kappa shape index (κ1) is 47.3. The average molecular weight is 969 g/mol. The van der Waals surface area contributed by atoms with E-state index in [0.717, 1.165) is 64.0 Å². The number of hydrogen-bond acceptors (Lipinski definition) is 13. The van der Waals surface area contributed by atoms with Crippen LogP contribution in [0.15, 0.2) is 60.8 Å². The van der Waals surface area contributed by atoms with Crippen LogP contribution in [0.4, 0.5) is 10.9 Å². The fourth-order valence-electron chi connectivity index (χ4n) is 12.9. The van der Waals surface area contributed by atoms with Crippen LogP contribution in [-0.4, -0.2) is 115 Å². The highest BCUT2D eigenvalue weighted by atomic mass is 32.2. The Kier molecular flexibility index (Phi) is 12.2. The van der Waals surface area contributed by atoms with E-state index in [9.17, 15) is 42.4 Å². The number of aromatic nitrogens is 4. The zero-order valence-corrected chi connectivity index (χ0v) is 39.9. The number of rotatable bonds is 17. The molecule has 3 atom stereocenters. The summed E-state index contributed by atoms with van der Waals surface area (Å²) in [7, 11) is -4.42. The second-order valence-corrected chi connectivity index (χ2v) is 22.9. The van der Waals surface area contributed by atoms with E-state index in [4.69, 9.17) is 20.6 Å². The van der Waals surface area contributed by atoms with Gasteiger partial charge >= 0.3 is 11.9 Å². The van der Waals surface area contributed by atoms with Gasteiger partial charge in [-0.05, 0) is 110 Å². The summed E-state index contributed by atoms with van der Waals surface area (Å²) in [6, 6.07) is 15.6. The summed E-state index contributed by atoms with van der Waals surface area (Å²) in [6.07, 6.45) is 6.87. The normalized spacial score (nSPS) is 24.5. The molecule has 5 aliphatic rings. The number of benzene rings is 2. The molecule has 68 heavy (non-hydrogen) atoms. The molecule has 6 N–H and O–H groups in total. The highest BCUT2D eigenvalue weighted by Gasteiger charge is 2.66. The summed E-state index contributed by atoms with van der Waals surface area (Å²) in [5, 5.41) is 28.2. The van der Waals surface area contributed by atoms with E-state index in [2.05, 4.69) is 24.1 Å². The third-order valence-electron chi connectivity index (χ3n) is 14.4. The number of hydrogen-bond donors (Lipinski definition) is 5. The fraction of sp³-hybridized carbons (Fsp3) is 0.479. The van der Waals surface area contributed by atoms with Gasteiger partial charge in [0.15, 0.2) is 10.8 Å². The number of pyridine rings is 1. The fourth-order valence-corrected chi connectivity index (χ4v) is 14.2. The number of nitrogens with two attached hydrogens (primary N) is 1. The molecule has 2 aromatic carbocycles. The van der Waals surface area contributed by atoms with Crippen molar-refractivity contribution >= 4 is 66.4 Å². The first-order chi connectivity index (χ1) is 32.1. The second-order valence-electron chi connectivity index (χ2n) is 20.3. The number of carbonyl (C=O) groups is 4. The van der Waals surface area contributed by atoms with Crippen LogP contribution in [0.5, 0.6) is 0 Å². The monoisotopic (exact) mass is 968 g/mol. The van der Waals surface area contributed by atoms with Crippen LogP contribution in [0.2, 0.25) is 0 Å². The van der Waals surface area contributed by atoms with Crippen molar-refractivity contribution in [2.24, 2.45) is 22.0 Å². The number of nitrogens with zero attached hydrogens (tertiary/aromatic N) is 6. The predicted molar refractivity (Wildman–Crippen MR) is 254 cm³/mol. The molecule has 0 radical (unpaired) electrons. The summed E-state index contributed by atoms with van der Waals surface area (Å²) in [4.78, 5) is 63.6. The number of carboxylic acid groups (broad SMARTS) is 2. The van der Waals surface area contributed by atoms with Crippen LogP contribution in [0, 0.1) is 23.2 Å². The molecular formula is C48H56N8O10S2. The molecule has 4 aliphatic carbocycles. The van der Waals surface area contributed by atoms with Gasteiger partial charge in [-0.25, -0.2) is 14.8 Å². The van der Waals surface area contributed by atoms with Gasteiger partial charge in [-0.15, -0.1) is 0 Å². The molecule has 18 nitrogen and oxygen atoms in total. The van der Waals surface area contributed by atoms with Gasteiger partial charge in [-0.3, -0.25) is 28.9 Å². The standard InChI is InChI=1S/C48H56N8O10S2/c1-29-33(31-11-12-38(52-40(31)43(61)62)55-14-13-30-7-6-8-32(34(30)21-55)41(59)53-44-51-36-9-4-5-10-37(36)67-44)20-50-56(29)28-47-23-45(2)22-46(3,24-47)26-48(25-45,27-47)66-17-15-54(16-18-68(63,64)65)42(60)35(49)19-39(57)58/h4-12,20,35H,13-19,21-28,49H2,1-3H3,(H,57,58)(H,61,62)(H,51,53,59)(H,63,64,65). The molecule has 2 amide bonds. The lowest BCUT2D eigenvalue weighted by Gasteiger charge is -2.69. The maximum absolute atomic E-state index is 13.7. The van der Waals surface area contributed by atoms with Gasteiger partial charge in [0.05, 0.1) is 46.8 Å². The third kappa shape index (κ3) is 9.61.